The molecule has 2 rings (SSSR count). The lowest BCUT2D eigenvalue weighted by Crippen LogP contribution is -2.25. The van der Waals surface area contributed by atoms with Gasteiger partial charge in [-0.15, -0.1) is 0 Å². The van der Waals surface area contributed by atoms with Crippen LogP contribution in [0.5, 0.6) is 0 Å². The quantitative estimate of drug-likeness (QED) is 0.856. The molecule has 0 aromatic heterocycles. The number of hydrogen-bond acceptors (Lipinski definition) is 2. The normalized spacial score (nSPS) is 18.9. The van der Waals surface area contributed by atoms with E-state index >= 15 is 0 Å². The van der Waals surface area contributed by atoms with Gasteiger partial charge in [-0.1, -0.05) is 32.0 Å². The molecule has 18 heavy (non-hydrogen) atoms. The Labute approximate surface area is 109 Å². The van der Waals surface area contributed by atoms with Gasteiger partial charge in [0.2, 0.25) is 5.91 Å². The molecule has 98 valence electrons. The van der Waals surface area contributed by atoms with E-state index in [1.165, 1.54) is 11.1 Å². The predicted octanol–water partition coefficient (Wildman–Crippen LogP) is 2.36. The van der Waals surface area contributed by atoms with Crippen molar-refractivity contribution in [3.8, 4) is 0 Å². The molecule has 1 saturated heterocycles. The fourth-order valence-corrected chi connectivity index (χ4v) is 2.51. The molecule has 1 aliphatic rings. The number of nitrogens with one attached hydrogen (secondary N) is 2. The van der Waals surface area contributed by atoms with Gasteiger partial charge in [-0.3, -0.25) is 4.79 Å². The second-order valence-corrected chi connectivity index (χ2v) is 4.84. The van der Waals surface area contributed by atoms with Gasteiger partial charge < -0.3 is 10.6 Å². The van der Waals surface area contributed by atoms with Crippen molar-refractivity contribution in [2.75, 3.05) is 18.4 Å². The average Bonchev–Trinajstić information content (AvgIpc) is 2.93. The zero-order valence-electron chi connectivity index (χ0n) is 11.3. The topological polar surface area (TPSA) is 41.1 Å². The lowest BCUT2D eigenvalue weighted by molar-refractivity contribution is -0.119. The summed E-state index contributed by atoms with van der Waals surface area (Å²) in [4.78, 5) is 12.2. The van der Waals surface area contributed by atoms with Crippen LogP contribution in [0.3, 0.4) is 0 Å². The third-order valence-electron chi connectivity index (χ3n) is 3.68. The molecule has 1 heterocycles. The minimum atomic E-state index is 0.125. The van der Waals surface area contributed by atoms with Crippen LogP contribution in [0.15, 0.2) is 18.2 Å². The summed E-state index contributed by atoms with van der Waals surface area (Å²) in [6.45, 7) is 6.01. The maximum absolute atomic E-state index is 12.2. The van der Waals surface area contributed by atoms with Gasteiger partial charge in [0.05, 0.1) is 5.92 Å². The summed E-state index contributed by atoms with van der Waals surface area (Å²) in [5, 5.41) is 6.38. The SMILES string of the molecule is CCc1cccc(CC)c1NC(=O)C1CCNC1. The van der Waals surface area contributed by atoms with E-state index in [1.807, 2.05) is 0 Å². The number of amides is 1. The third-order valence-corrected chi connectivity index (χ3v) is 3.68. The fraction of sp³-hybridized carbons (Fsp3) is 0.533. The Morgan fingerprint density at radius 3 is 2.50 bits per heavy atom. The molecule has 3 heteroatoms. The molecule has 0 saturated carbocycles. The summed E-state index contributed by atoms with van der Waals surface area (Å²) in [6, 6.07) is 6.27. The van der Waals surface area contributed by atoms with Crippen LogP contribution in [0.1, 0.15) is 31.4 Å². The molecule has 2 N–H and O–H groups in total. The summed E-state index contributed by atoms with van der Waals surface area (Å²) in [5.74, 6) is 0.287. The number of para-hydroxylation sites is 1. The predicted molar refractivity (Wildman–Crippen MR) is 74.8 cm³/mol. The van der Waals surface area contributed by atoms with Crippen molar-refractivity contribution >= 4 is 11.6 Å². The first-order valence-corrected chi connectivity index (χ1v) is 6.88. The molecule has 3 nitrogen and oxygen atoms in total. The van der Waals surface area contributed by atoms with Crippen molar-refractivity contribution in [1.29, 1.82) is 0 Å². The molecular weight excluding hydrogens is 224 g/mol. The standard InChI is InChI=1S/C15H22N2O/c1-3-11-6-5-7-12(4-2)14(11)17-15(18)13-8-9-16-10-13/h5-7,13,16H,3-4,8-10H2,1-2H3,(H,17,18). The molecule has 1 amide bonds. The van der Waals surface area contributed by atoms with E-state index in [0.29, 0.717) is 0 Å². The summed E-state index contributed by atoms with van der Waals surface area (Å²) in [7, 11) is 0. The van der Waals surface area contributed by atoms with Crippen molar-refractivity contribution in [2.24, 2.45) is 5.92 Å². The fourth-order valence-electron chi connectivity index (χ4n) is 2.51. The smallest absolute Gasteiger partial charge is 0.228 e. The molecule has 0 radical (unpaired) electrons. The molecule has 1 aromatic rings. The number of benzene rings is 1. The van der Waals surface area contributed by atoms with E-state index in [-0.39, 0.29) is 11.8 Å². The van der Waals surface area contributed by atoms with Crippen molar-refractivity contribution in [3.05, 3.63) is 29.3 Å². The maximum atomic E-state index is 12.2. The van der Waals surface area contributed by atoms with Crippen LogP contribution in [0.25, 0.3) is 0 Å². The van der Waals surface area contributed by atoms with Gasteiger partial charge in [0, 0.05) is 12.2 Å². The van der Waals surface area contributed by atoms with Crippen LogP contribution < -0.4 is 10.6 Å². The van der Waals surface area contributed by atoms with Gasteiger partial charge in [-0.05, 0) is 36.9 Å². The Bertz CT molecular complexity index is 400. The monoisotopic (exact) mass is 246 g/mol. The summed E-state index contributed by atoms with van der Waals surface area (Å²) >= 11 is 0. The minimum absolute atomic E-state index is 0.125. The second kappa shape index (κ2) is 6.01. The van der Waals surface area contributed by atoms with Gasteiger partial charge in [0.1, 0.15) is 0 Å². The molecule has 1 unspecified atom stereocenters. The largest absolute Gasteiger partial charge is 0.325 e. The number of carbonyl (C=O) groups excluding carboxylic acids is 1. The van der Waals surface area contributed by atoms with Crippen molar-refractivity contribution < 1.29 is 4.79 Å². The molecular formula is C15H22N2O. The van der Waals surface area contributed by atoms with Gasteiger partial charge in [0.15, 0.2) is 0 Å². The molecule has 1 fully saturated rings. The van der Waals surface area contributed by atoms with Crippen molar-refractivity contribution in [3.63, 3.8) is 0 Å². The number of carbonyl (C=O) groups is 1. The summed E-state index contributed by atoms with van der Waals surface area (Å²) < 4.78 is 0. The zero-order valence-corrected chi connectivity index (χ0v) is 11.3. The van der Waals surface area contributed by atoms with Crippen LogP contribution in [0, 0.1) is 5.92 Å². The number of rotatable bonds is 4. The van der Waals surface area contributed by atoms with Gasteiger partial charge in [-0.25, -0.2) is 0 Å². The number of hydrogen-bond donors (Lipinski definition) is 2. The van der Waals surface area contributed by atoms with Crippen LogP contribution >= 0.6 is 0 Å². The van der Waals surface area contributed by atoms with Crippen molar-refractivity contribution in [1.82, 2.24) is 5.32 Å². The second-order valence-electron chi connectivity index (χ2n) is 4.84. The summed E-state index contributed by atoms with van der Waals surface area (Å²) in [5.41, 5.74) is 3.50. The third kappa shape index (κ3) is 2.72. The lowest BCUT2D eigenvalue weighted by atomic mass is 10.0. The van der Waals surface area contributed by atoms with Crippen LogP contribution in [-0.4, -0.2) is 19.0 Å². The average molecular weight is 246 g/mol. The Balaban J connectivity index is 2.18. The van der Waals surface area contributed by atoms with E-state index in [1.54, 1.807) is 0 Å². The van der Waals surface area contributed by atoms with Gasteiger partial charge >= 0.3 is 0 Å². The Hall–Kier alpha value is -1.35. The zero-order chi connectivity index (χ0) is 13.0. The first kappa shape index (κ1) is 13.1. The molecule has 0 aliphatic carbocycles. The van der Waals surface area contributed by atoms with Crippen molar-refractivity contribution in [2.45, 2.75) is 33.1 Å². The first-order chi connectivity index (χ1) is 8.76. The first-order valence-electron chi connectivity index (χ1n) is 6.88. The minimum Gasteiger partial charge on any atom is -0.325 e. The van der Waals surface area contributed by atoms with Crippen LogP contribution in [-0.2, 0) is 17.6 Å². The molecule has 1 aliphatic heterocycles. The van der Waals surface area contributed by atoms with Gasteiger partial charge in [-0.2, -0.15) is 0 Å². The highest BCUT2D eigenvalue weighted by molar-refractivity contribution is 5.94. The van der Waals surface area contributed by atoms with Crippen LogP contribution in [0.4, 0.5) is 5.69 Å². The molecule has 0 bridgehead atoms. The highest BCUT2D eigenvalue weighted by Crippen LogP contribution is 2.23. The Morgan fingerprint density at radius 1 is 1.33 bits per heavy atom. The highest BCUT2D eigenvalue weighted by atomic mass is 16.1. The highest BCUT2D eigenvalue weighted by Gasteiger charge is 2.23. The van der Waals surface area contributed by atoms with Crippen LogP contribution in [0.2, 0.25) is 0 Å². The van der Waals surface area contributed by atoms with Gasteiger partial charge in [0.25, 0.3) is 0 Å². The number of anilines is 1. The van der Waals surface area contributed by atoms with E-state index in [0.717, 1.165) is 38.0 Å². The van der Waals surface area contributed by atoms with E-state index < -0.39 is 0 Å². The molecule has 0 spiro atoms. The number of aryl methyl sites for hydroxylation is 2. The Morgan fingerprint density at radius 2 is 2.00 bits per heavy atom. The molecule has 1 aromatic carbocycles. The Kier molecular flexibility index (Phi) is 4.37. The summed E-state index contributed by atoms with van der Waals surface area (Å²) in [6.07, 6.45) is 2.85. The van der Waals surface area contributed by atoms with E-state index in [2.05, 4.69) is 42.7 Å². The maximum Gasteiger partial charge on any atom is 0.228 e. The lowest BCUT2D eigenvalue weighted by Gasteiger charge is -2.16. The van der Waals surface area contributed by atoms with E-state index in [4.69, 9.17) is 0 Å². The van der Waals surface area contributed by atoms with E-state index in [9.17, 15) is 4.79 Å². The molecule has 1 atom stereocenters.